The van der Waals surface area contributed by atoms with Crippen LogP contribution in [0.5, 0.6) is 0 Å². The normalized spacial score (nSPS) is 52.6. The Balaban J connectivity index is 2.63. The molecular formula is C6H11ClO4. The lowest BCUT2D eigenvalue weighted by molar-refractivity contribution is -0.194. The lowest BCUT2D eigenvalue weighted by Gasteiger charge is -2.36. The molecule has 0 aromatic rings. The summed E-state index contributed by atoms with van der Waals surface area (Å²) in [5, 5.41) is 27.3. The fraction of sp³-hybridized carbons (Fsp3) is 1.00. The third-order valence-electron chi connectivity index (χ3n) is 1.79. The van der Waals surface area contributed by atoms with Gasteiger partial charge in [0, 0.05) is 0 Å². The minimum Gasteiger partial charge on any atom is -0.388 e. The van der Waals surface area contributed by atoms with E-state index < -0.39 is 30.0 Å². The van der Waals surface area contributed by atoms with Crippen molar-refractivity contribution in [1.29, 1.82) is 0 Å². The first-order chi connectivity index (χ1) is 5.04. The van der Waals surface area contributed by atoms with E-state index in [0.29, 0.717) is 0 Å². The molecule has 5 atom stereocenters. The van der Waals surface area contributed by atoms with Gasteiger partial charge in [0.25, 0.3) is 0 Å². The molecule has 1 aliphatic rings. The molecule has 0 aromatic carbocycles. The number of hydrogen-bond acceptors (Lipinski definition) is 4. The molecule has 4 nitrogen and oxygen atoms in total. The van der Waals surface area contributed by atoms with Gasteiger partial charge in [0.2, 0.25) is 0 Å². The van der Waals surface area contributed by atoms with E-state index in [1.54, 1.807) is 6.92 Å². The van der Waals surface area contributed by atoms with E-state index in [9.17, 15) is 0 Å². The van der Waals surface area contributed by atoms with Crippen LogP contribution in [0.3, 0.4) is 0 Å². The second-order valence-corrected chi connectivity index (χ2v) is 3.09. The predicted molar refractivity (Wildman–Crippen MR) is 38.2 cm³/mol. The van der Waals surface area contributed by atoms with Crippen LogP contribution in [0.15, 0.2) is 0 Å². The van der Waals surface area contributed by atoms with Gasteiger partial charge in [-0.2, -0.15) is 0 Å². The molecule has 66 valence electrons. The molecule has 0 radical (unpaired) electrons. The second-order valence-electron chi connectivity index (χ2n) is 2.66. The zero-order chi connectivity index (χ0) is 8.59. The molecule has 5 heteroatoms. The Morgan fingerprint density at radius 2 is 1.64 bits per heavy atom. The van der Waals surface area contributed by atoms with Gasteiger partial charge in [0.05, 0.1) is 6.10 Å². The number of ether oxygens (including phenoxy) is 1. The van der Waals surface area contributed by atoms with Crippen molar-refractivity contribution in [3.63, 3.8) is 0 Å². The summed E-state index contributed by atoms with van der Waals surface area (Å²) in [6, 6.07) is 0. The van der Waals surface area contributed by atoms with Gasteiger partial charge in [-0.3, -0.25) is 0 Å². The second kappa shape index (κ2) is 3.25. The number of halogens is 1. The Hall–Kier alpha value is 0.130. The Kier molecular flexibility index (Phi) is 2.72. The van der Waals surface area contributed by atoms with E-state index in [4.69, 9.17) is 31.7 Å². The van der Waals surface area contributed by atoms with Gasteiger partial charge < -0.3 is 20.1 Å². The first kappa shape index (κ1) is 9.22. The monoisotopic (exact) mass is 182 g/mol. The lowest BCUT2D eigenvalue weighted by atomic mass is 10.0. The van der Waals surface area contributed by atoms with Gasteiger partial charge in [0.15, 0.2) is 5.56 Å². The van der Waals surface area contributed by atoms with Crippen LogP contribution < -0.4 is 0 Å². The van der Waals surface area contributed by atoms with Crippen molar-refractivity contribution < 1.29 is 20.1 Å². The summed E-state index contributed by atoms with van der Waals surface area (Å²) in [6.45, 7) is 1.58. The van der Waals surface area contributed by atoms with Crippen molar-refractivity contribution in [2.24, 2.45) is 0 Å². The quantitative estimate of drug-likeness (QED) is 0.423. The summed E-state index contributed by atoms with van der Waals surface area (Å²) in [4.78, 5) is 0. The summed E-state index contributed by atoms with van der Waals surface area (Å²) >= 11 is 5.48. The minimum atomic E-state index is -1.22. The van der Waals surface area contributed by atoms with E-state index in [0.717, 1.165) is 0 Å². The molecule has 0 saturated carbocycles. The minimum absolute atomic E-state index is 0.545. The van der Waals surface area contributed by atoms with Crippen molar-refractivity contribution in [3.05, 3.63) is 0 Å². The first-order valence-electron chi connectivity index (χ1n) is 3.37. The maximum absolute atomic E-state index is 9.14. The van der Waals surface area contributed by atoms with Gasteiger partial charge in [0.1, 0.15) is 18.3 Å². The summed E-state index contributed by atoms with van der Waals surface area (Å²) in [5.74, 6) is 0. The van der Waals surface area contributed by atoms with E-state index in [1.807, 2.05) is 0 Å². The highest BCUT2D eigenvalue weighted by Crippen LogP contribution is 2.22. The standard InChI is InChI=1S/C6H11ClO4/c1-2-3(8)4(9)5(10)6(7)11-2/h2-6,8-10H,1H3/t2-,3-,4+,5+,6+/m0/s1. The van der Waals surface area contributed by atoms with Crippen LogP contribution in [-0.2, 0) is 4.74 Å². The molecule has 1 saturated heterocycles. The number of rotatable bonds is 0. The van der Waals surface area contributed by atoms with Crippen molar-refractivity contribution in [1.82, 2.24) is 0 Å². The molecular weight excluding hydrogens is 172 g/mol. The van der Waals surface area contributed by atoms with Gasteiger partial charge >= 0.3 is 0 Å². The Labute approximate surface area is 69.4 Å². The third kappa shape index (κ3) is 1.65. The predicted octanol–water partition coefficient (Wildman–Crippen LogP) is -0.947. The average molecular weight is 183 g/mol. The van der Waals surface area contributed by atoms with Crippen molar-refractivity contribution in [2.45, 2.75) is 36.9 Å². The van der Waals surface area contributed by atoms with Crippen LogP contribution in [0.4, 0.5) is 0 Å². The Morgan fingerprint density at radius 3 is 2.18 bits per heavy atom. The third-order valence-corrected chi connectivity index (χ3v) is 2.15. The maximum Gasteiger partial charge on any atom is 0.160 e. The van der Waals surface area contributed by atoms with Crippen molar-refractivity contribution >= 4 is 11.6 Å². The van der Waals surface area contributed by atoms with Crippen molar-refractivity contribution in [3.8, 4) is 0 Å². The van der Waals surface area contributed by atoms with E-state index in [2.05, 4.69) is 0 Å². The summed E-state index contributed by atoms with van der Waals surface area (Å²) < 4.78 is 4.89. The molecule has 1 heterocycles. The average Bonchev–Trinajstić information content (AvgIpc) is 1.97. The van der Waals surface area contributed by atoms with Gasteiger partial charge in [-0.1, -0.05) is 11.6 Å². The molecule has 0 unspecified atom stereocenters. The van der Waals surface area contributed by atoms with Gasteiger partial charge in [-0.05, 0) is 6.92 Å². The zero-order valence-corrected chi connectivity index (χ0v) is 6.77. The molecule has 0 amide bonds. The summed E-state index contributed by atoms with van der Waals surface area (Å²) in [7, 11) is 0. The molecule has 3 N–H and O–H groups in total. The molecule has 1 aliphatic heterocycles. The molecule has 11 heavy (non-hydrogen) atoms. The van der Waals surface area contributed by atoms with Gasteiger partial charge in [-0.25, -0.2) is 0 Å². The fourth-order valence-electron chi connectivity index (χ4n) is 1.00. The number of hydrogen-bond donors (Lipinski definition) is 3. The van der Waals surface area contributed by atoms with Crippen LogP contribution in [0.1, 0.15) is 6.92 Å². The molecule has 0 aromatic heterocycles. The fourth-order valence-corrected chi connectivity index (χ4v) is 1.31. The highest BCUT2D eigenvalue weighted by molar-refractivity contribution is 6.20. The van der Waals surface area contributed by atoms with Crippen molar-refractivity contribution in [2.75, 3.05) is 0 Å². The molecule has 1 fully saturated rings. The number of alkyl halides is 1. The highest BCUT2D eigenvalue weighted by atomic mass is 35.5. The molecule has 0 aliphatic carbocycles. The van der Waals surface area contributed by atoms with E-state index >= 15 is 0 Å². The Morgan fingerprint density at radius 1 is 1.09 bits per heavy atom. The van der Waals surface area contributed by atoms with E-state index in [1.165, 1.54) is 0 Å². The SMILES string of the molecule is C[C@@H]1O[C@@H](Cl)[C@H](O)[C@H](O)[C@H]1O. The van der Waals surface area contributed by atoms with Crippen LogP contribution in [0, 0.1) is 0 Å². The topological polar surface area (TPSA) is 69.9 Å². The van der Waals surface area contributed by atoms with E-state index in [-0.39, 0.29) is 0 Å². The summed E-state index contributed by atoms with van der Waals surface area (Å²) in [6.07, 6.45) is -4.06. The van der Waals surface area contributed by atoms with Crippen LogP contribution >= 0.6 is 11.6 Å². The first-order valence-corrected chi connectivity index (χ1v) is 3.81. The Bertz CT molecular complexity index is 129. The lowest BCUT2D eigenvalue weighted by Crippen LogP contribution is -2.54. The van der Waals surface area contributed by atoms with Gasteiger partial charge in [-0.15, -0.1) is 0 Å². The van der Waals surface area contributed by atoms with Crippen LogP contribution in [0.2, 0.25) is 0 Å². The largest absolute Gasteiger partial charge is 0.388 e. The van der Waals surface area contributed by atoms with Crippen LogP contribution in [-0.4, -0.2) is 45.3 Å². The highest BCUT2D eigenvalue weighted by Gasteiger charge is 2.40. The van der Waals surface area contributed by atoms with Crippen LogP contribution in [0.25, 0.3) is 0 Å². The molecule has 0 bridgehead atoms. The zero-order valence-electron chi connectivity index (χ0n) is 6.01. The number of aliphatic hydroxyl groups excluding tert-OH is 3. The summed E-state index contributed by atoms with van der Waals surface area (Å²) in [5.41, 5.74) is -0.941. The molecule has 0 spiro atoms. The smallest absolute Gasteiger partial charge is 0.160 e. The molecule has 1 rings (SSSR count). The maximum atomic E-state index is 9.14. The number of aliphatic hydroxyl groups is 3.